The third kappa shape index (κ3) is 6.94. The molecule has 0 aliphatic heterocycles. The maximum atomic E-state index is 13.4. The molecule has 9 heteroatoms. The second kappa shape index (κ2) is 10.5. The highest BCUT2D eigenvalue weighted by atomic mass is 19.1. The Morgan fingerprint density at radius 3 is 2.21 bits per heavy atom. The molecule has 0 aromatic heterocycles. The first-order chi connectivity index (χ1) is 13.5. The van der Waals surface area contributed by atoms with Crippen LogP contribution < -0.4 is 20.1 Å². The molecule has 0 aliphatic rings. The predicted octanol–water partition coefficient (Wildman–Crippen LogP) is 2.49. The summed E-state index contributed by atoms with van der Waals surface area (Å²) >= 11 is 0. The van der Waals surface area contributed by atoms with Crippen LogP contribution in [-0.2, 0) is 14.3 Å². The number of carbonyl (C=O) groups is 3. The molecule has 0 unspecified atom stereocenters. The van der Waals surface area contributed by atoms with Crippen molar-refractivity contribution in [2.45, 2.75) is 6.92 Å². The zero-order chi connectivity index (χ0) is 20.4. The van der Waals surface area contributed by atoms with Crippen LogP contribution in [0.2, 0.25) is 0 Å². The Morgan fingerprint density at radius 1 is 0.929 bits per heavy atom. The lowest BCUT2D eigenvalue weighted by Gasteiger charge is -2.09. The summed E-state index contributed by atoms with van der Waals surface area (Å²) in [6.07, 6.45) is 0. The van der Waals surface area contributed by atoms with Gasteiger partial charge in [-0.1, -0.05) is 12.1 Å². The SMILES string of the molecule is CCOc1ccc(OCC(=O)OCC(=O)NC(=O)Nc2ccccc2F)cc1. The molecule has 0 spiro atoms. The van der Waals surface area contributed by atoms with Crippen LogP contribution in [0.15, 0.2) is 48.5 Å². The van der Waals surface area contributed by atoms with E-state index in [1.165, 1.54) is 18.2 Å². The summed E-state index contributed by atoms with van der Waals surface area (Å²) in [4.78, 5) is 34.8. The number of halogens is 1. The molecule has 0 aliphatic carbocycles. The van der Waals surface area contributed by atoms with E-state index >= 15 is 0 Å². The van der Waals surface area contributed by atoms with Crippen molar-refractivity contribution in [1.82, 2.24) is 5.32 Å². The maximum absolute atomic E-state index is 13.4. The lowest BCUT2D eigenvalue weighted by atomic mass is 10.3. The standard InChI is InChI=1S/C19H19FN2O6/c1-2-26-13-7-9-14(10-8-13)27-12-18(24)28-11-17(23)22-19(25)21-16-6-4-3-5-15(16)20/h3-10H,2,11-12H2,1H3,(H2,21,22,23,25). The number of benzene rings is 2. The Hall–Kier alpha value is -3.62. The van der Waals surface area contributed by atoms with E-state index in [-0.39, 0.29) is 5.69 Å². The smallest absolute Gasteiger partial charge is 0.344 e. The quantitative estimate of drug-likeness (QED) is 0.672. The summed E-state index contributed by atoms with van der Waals surface area (Å²) in [6.45, 7) is 1.30. The van der Waals surface area contributed by atoms with E-state index in [0.717, 1.165) is 6.07 Å². The van der Waals surface area contributed by atoms with Gasteiger partial charge >= 0.3 is 12.0 Å². The van der Waals surface area contributed by atoms with Crippen LogP contribution in [0.3, 0.4) is 0 Å². The highest BCUT2D eigenvalue weighted by molar-refractivity contribution is 6.01. The molecule has 0 radical (unpaired) electrons. The van der Waals surface area contributed by atoms with Gasteiger partial charge in [-0.15, -0.1) is 0 Å². The van der Waals surface area contributed by atoms with Gasteiger partial charge in [0.2, 0.25) is 0 Å². The number of rotatable bonds is 8. The molecule has 8 nitrogen and oxygen atoms in total. The number of para-hydroxylation sites is 1. The van der Waals surface area contributed by atoms with Gasteiger partial charge in [0.05, 0.1) is 12.3 Å². The number of hydrogen-bond acceptors (Lipinski definition) is 6. The molecule has 0 saturated heterocycles. The maximum Gasteiger partial charge on any atom is 0.344 e. The first-order valence-electron chi connectivity index (χ1n) is 8.34. The number of anilines is 1. The first kappa shape index (κ1) is 20.7. The number of esters is 1. The van der Waals surface area contributed by atoms with Gasteiger partial charge in [0.25, 0.3) is 5.91 Å². The molecular weight excluding hydrogens is 371 g/mol. The number of imide groups is 1. The molecule has 148 valence electrons. The van der Waals surface area contributed by atoms with Gasteiger partial charge < -0.3 is 19.5 Å². The van der Waals surface area contributed by atoms with Crippen molar-refractivity contribution in [3.05, 3.63) is 54.3 Å². The third-order valence-corrected chi connectivity index (χ3v) is 3.23. The van der Waals surface area contributed by atoms with Crippen molar-refractivity contribution < 1.29 is 33.0 Å². The zero-order valence-electron chi connectivity index (χ0n) is 15.1. The summed E-state index contributed by atoms with van der Waals surface area (Å²) < 4.78 is 28.6. The van der Waals surface area contributed by atoms with E-state index in [1.807, 2.05) is 12.2 Å². The van der Waals surface area contributed by atoms with Crippen molar-refractivity contribution in [2.24, 2.45) is 0 Å². The van der Waals surface area contributed by atoms with Gasteiger partial charge in [-0.25, -0.2) is 14.0 Å². The van der Waals surface area contributed by atoms with Crippen LogP contribution in [0, 0.1) is 5.82 Å². The Labute approximate surface area is 160 Å². The van der Waals surface area contributed by atoms with Gasteiger partial charge in [0.1, 0.15) is 17.3 Å². The fourth-order valence-electron chi connectivity index (χ4n) is 2.01. The van der Waals surface area contributed by atoms with E-state index in [2.05, 4.69) is 5.32 Å². The molecular formula is C19H19FN2O6. The number of carbonyl (C=O) groups excluding carboxylic acids is 3. The third-order valence-electron chi connectivity index (χ3n) is 3.23. The second-order valence-corrected chi connectivity index (χ2v) is 5.34. The number of urea groups is 1. The van der Waals surface area contributed by atoms with Crippen LogP contribution in [0.5, 0.6) is 11.5 Å². The Kier molecular flexibility index (Phi) is 7.77. The summed E-state index contributed by atoms with van der Waals surface area (Å²) in [5.41, 5.74) is -0.0893. The highest BCUT2D eigenvalue weighted by Crippen LogP contribution is 2.17. The summed E-state index contributed by atoms with van der Waals surface area (Å²) in [5, 5.41) is 4.08. The zero-order valence-corrected chi connectivity index (χ0v) is 15.1. The van der Waals surface area contributed by atoms with Crippen LogP contribution in [0.1, 0.15) is 6.92 Å². The predicted molar refractivity (Wildman–Crippen MR) is 97.6 cm³/mol. The monoisotopic (exact) mass is 390 g/mol. The molecule has 0 saturated carbocycles. The van der Waals surface area contributed by atoms with E-state index in [4.69, 9.17) is 14.2 Å². The first-order valence-corrected chi connectivity index (χ1v) is 8.34. The molecule has 2 aromatic rings. The molecule has 0 heterocycles. The lowest BCUT2D eigenvalue weighted by molar-refractivity contribution is -0.150. The summed E-state index contributed by atoms with van der Waals surface area (Å²) in [5.74, 6) is -1.22. The minimum absolute atomic E-state index is 0.0893. The molecule has 2 aromatic carbocycles. The molecule has 0 atom stereocenters. The number of ether oxygens (including phenoxy) is 3. The van der Waals surface area contributed by atoms with Crippen LogP contribution in [0.4, 0.5) is 14.9 Å². The lowest BCUT2D eigenvalue weighted by Crippen LogP contribution is -2.37. The van der Waals surface area contributed by atoms with Gasteiger partial charge in [-0.2, -0.15) is 0 Å². The largest absolute Gasteiger partial charge is 0.494 e. The minimum Gasteiger partial charge on any atom is -0.494 e. The molecule has 28 heavy (non-hydrogen) atoms. The van der Waals surface area contributed by atoms with Gasteiger partial charge in [0, 0.05) is 0 Å². The molecule has 3 amide bonds. The number of hydrogen-bond donors (Lipinski definition) is 2. The molecule has 0 bridgehead atoms. The summed E-state index contributed by atoms with van der Waals surface area (Å²) in [6, 6.07) is 11.1. The van der Waals surface area contributed by atoms with Crippen LogP contribution in [0.25, 0.3) is 0 Å². The van der Waals surface area contributed by atoms with E-state index in [0.29, 0.717) is 18.1 Å². The van der Waals surface area contributed by atoms with Crippen molar-refractivity contribution in [3.63, 3.8) is 0 Å². The fourth-order valence-corrected chi connectivity index (χ4v) is 2.01. The van der Waals surface area contributed by atoms with Crippen molar-refractivity contribution in [3.8, 4) is 11.5 Å². The normalized spacial score (nSPS) is 9.93. The van der Waals surface area contributed by atoms with Gasteiger partial charge in [-0.05, 0) is 43.3 Å². The van der Waals surface area contributed by atoms with Crippen LogP contribution >= 0.6 is 0 Å². The minimum atomic E-state index is -0.947. The topological polar surface area (TPSA) is 103 Å². The van der Waals surface area contributed by atoms with E-state index in [1.54, 1.807) is 24.3 Å². The van der Waals surface area contributed by atoms with E-state index in [9.17, 15) is 18.8 Å². The molecule has 2 rings (SSSR count). The number of nitrogens with one attached hydrogen (secondary N) is 2. The van der Waals surface area contributed by atoms with Crippen molar-refractivity contribution in [1.29, 1.82) is 0 Å². The second-order valence-electron chi connectivity index (χ2n) is 5.34. The average Bonchev–Trinajstić information content (AvgIpc) is 2.68. The molecule has 2 N–H and O–H groups in total. The van der Waals surface area contributed by atoms with E-state index < -0.39 is 36.9 Å². The van der Waals surface area contributed by atoms with Crippen LogP contribution in [-0.4, -0.2) is 37.7 Å². The fraction of sp³-hybridized carbons (Fsp3) is 0.211. The Morgan fingerprint density at radius 2 is 1.57 bits per heavy atom. The van der Waals surface area contributed by atoms with Gasteiger partial charge in [0.15, 0.2) is 13.2 Å². The average molecular weight is 390 g/mol. The van der Waals surface area contributed by atoms with Crippen molar-refractivity contribution >= 4 is 23.6 Å². The molecule has 0 fully saturated rings. The highest BCUT2D eigenvalue weighted by Gasteiger charge is 2.13. The summed E-state index contributed by atoms with van der Waals surface area (Å²) in [7, 11) is 0. The number of amides is 3. The Balaban J connectivity index is 1.68. The Bertz CT molecular complexity index is 825. The van der Waals surface area contributed by atoms with Crippen molar-refractivity contribution in [2.75, 3.05) is 25.1 Å². The van der Waals surface area contributed by atoms with Gasteiger partial charge in [-0.3, -0.25) is 10.1 Å².